The second kappa shape index (κ2) is 8.02. The van der Waals surface area contributed by atoms with Gasteiger partial charge in [-0.3, -0.25) is 10.1 Å². The highest BCUT2D eigenvalue weighted by molar-refractivity contribution is 6.36. The van der Waals surface area contributed by atoms with Gasteiger partial charge in [-0.25, -0.2) is 0 Å². The summed E-state index contributed by atoms with van der Waals surface area (Å²) in [7, 11) is 0. The number of halogens is 3. The monoisotopic (exact) mass is 370 g/mol. The number of rotatable bonds is 5. The SMILES string of the molecule is C[C@@H](N[C@H](C)c1ccc(Cl)cc1)C(=O)Nc1ccc(Cl)cc1Cl. The average molecular weight is 372 g/mol. The number of carbonyl (C=O) groups excluding carboxylic acids is 1. The zero-order valence-corrected chi connectivity index (χ0v) is 15.0. The highest BCUT2D eigenvalue weighted by atomic mass is 35.5. The lowest BCUT2D eigenvalue weighted by molar-refractivity contribution is -0.117. The summed E-state index contributed by atoms with van der Waals surface area (Å²) in [4.78, 5) is 12.3. The Balaban J connectivity index is 1.98. The minimum Gasteiger partial charge on any atom is -0.323 e. The lowest BCUT2D eigenvalue weighted by Crippen LogP contribution is -2.39. The van der Waals surface area contributed by atoms with Crippen LogP contribution in [0.3, 0.4) is 0 Å². The molecule has 0 saturated carbocycles. The minimum absolute atomic E-state index is 0.00806. The van der Waals surface area contributed by atoms with Gasteiger partial charge < -0.3 is 5.32 Å². The standard InChI is InChI=1S/C17H17Cl3N2O/c1-10(12-3-5-13(18)6-4-12)21-11(2)17(23)22-16-8-7-14(19)9-15(16)20/h3-11,21H,1-2H3,(H,22,23)/t10-,11-/m1/s1. The summed E-state index contributed by atoms with van der Waals surface area (Å²) in [6.45, 7) is 3.79. The van der Waals surface area contributed by atoms with Crippen LogP contribution in [-0.4, -0.2) is 11.9 Å². The van der Waals surface area contributed by atoms with Crippen LogP contribution in [0.4, 0.5) is 5.69 Å². The van der Waals surface area contributed by atoms with Crippen LogP contribution in [0.15, 0.2) is 42.5 Å². The summed E-state index contributed by atoms with van der Waals surface area (Å²) in [5.41, 5.74) is 1.59. The van der Waals surface area contributed by atoms with E-state index in [9.17, 15) is 4.79 Å². The third kappa shape index (κ3) is 5.11. The van der Waals surface area contributed by atoms with Crippen molar-refractivity contribution in [3.8, 4) is 0 Å². The van der Waals surface area contributed by atoms with Crippen molar-refractivity contribution in [2.24, 2.45) is 0 Å². The lowest BCUT2D eigenvalue weighted by Gasteiger charge is -2.20. The fraction of sp³-hybridized carbons (Fsp3) is 0.235. The highest BCUT2D eigenvalue weighted by Gasteiger charge is 2.17. The van der Waals surface area contributed by atoms with Crippen LogP contribution in [0, 0.1) is 0 Å². The van der Waals surface area contributed by atoms with Crippen LogP contribution in [-0.2, 0) is 4.79 Å². The van der Waals surface area contributed by atoms with Crippen molar-refractivity contribution in [3.05, 3.63) is 63.1 Å². The zero-order chi connectivity index (χ0) is 17.0. The van der Waals surface area contributed by atoms with Crippen LogP contribution in [0.5, 0.6) is 0 Å². The smallest absolute Gasteiger partial charge is 0.241 e. The lowest BCUT2D eigenvalue weighted by atomic mass is 10.1. The Bertz CT molecular complexity index is 689. The van der Waals surface area contributed by atoms with Gasteiger partial charge in [-0.15, -0.1) is 0 Å². The molecule has 3 nitrogen and oxygen atoms in total. The second-order valence-electron chi connectivity index (χ2n) is 5.28. The predicted molar refractivity (Wildman–Crippen MR) is 97.6 cm³/mol. The first-order chi connectivity index (χ1) is 10.9. The Morgan fingerprint density at radius 3 is 2.17 bits per heavy atom. The molecule has 6 heteroatoms. The average Bonchev–Trinajstić information content (AvgIpc) is 2.50. The first-order valence-electron chi connectivity index (χ1n) is 7.14. The summed E-state index contributed by atoms with van der Waals surface area (Å²) in [6.07, 6.45) is 0. The maximum Gasteiger partial charge on any atom is 0.241 e. The molecule has 0 aliphatic carbocycles. The zero-order valence-electron chi connectivity index (χ0n) is 12.7. The number of benzene rings is 2. The molecule has 0 bridgehead atoms. The van der Waals surface area contributed by atoms with Crippen molar-refractivity contribution in [1.29, 1.82) is 0 Å². The second-order valence-corrected chi connectivity index (χ2v) is 6.56. The molecule has 23 heavy (non-hydrogen) atoms. The van der Waals surface area contributed by atoms with Crippen LogP contribution >= 0.6 is 34.8 Å². The Kier molecular flexibility index (Phi) is 6.31. The third-order valence-electron chi connectivity index (χ3n) is 3.45. The van der Waals surface area contributed by atoms with Gasteiger partial charge in [-0.05, 0) is 49.7 Å². The maximum atomic E-state index is 12.3. The molecule has 0 radical (unpaired) electrons. The van der Waals surface area contributed by atoms with Gasteiger partial charge in [0, 0.05) is 16.1 Å². The molecule has 0 aromatic heterocycles. The van der Waals surface area contributed by atoms with E-state index in [1.54, 1.807) is 25.1 Å². The van der Waals surface area contributed by atoms with E-state index in [0.717, 1.165) is 5.56 Å². The molecule has 2 N–H and O–H groups in total. The van der Waals surface area contributed by atoms with Crippen molar-refractivity contribution in [2.45, 2.75) is 25.9 Å². The Morgan fingerprint density at radius 2 is 1.57 bits per heavy atom. The summed E-state index contributed by atoms with van der Waals surface area (Å²) in [5, 5.41) is 7.65. The maximum absolute atomic E-state index is 12.3. The Morgan fingerprint density at radius 1 is 0.957 bits per heavy atom. The van der Waals surface area contributed by atoms with Crippen molar-refractivity contribution in [2.75, 3.05) is 5.32 Å². The molecular weight excluding hydrogens is 355 g/mol. The molecule has 2 atom stereocenters. The molecule has 0 spiro atoms. The first kappa shape index (κ1) is 18.1. The molecule has 0 heterocycles. The predicted octanol–water partition coefficient (Wildman–Crippen LogP) is 5.32. The molecule has 0 unspecified atom stereocenters. The quantitative estimate of drug-likeness (QED) is 0.746. The van der Waals surface area contributed by atoms with Gasteiger partial charge >= 0.3 is 0 Å². The fourth-order valence-electron chi connectivity index (χ4n) is 2.13. The molecule has 2 aromatic rings. The molecule has 122 valence electrons. The van der Waals surface area contributed by atoms with Gasteiger partial charge in [-0.1, -0.05) is 46.9 Å². The van der Waals surface area contributed by atoms with E-state index in [1.165, 1.54) is 0 Å². The number of anilines is 1. The summed E-state index contributed by atoms with van der Waals surface area (Å²) >= 11 is 17.8. The first-order valence-corrected chi connectivity index (χ1v) is 8.27. The van der Waals surface area contributed by atoms with Crippen LogP contribution in [0.2, 0.25) is 15.1 Å². The van der Waals surface area contributed by atoms with Gasteiger partial charge in [0.1, 0.15) is 0 Å². The highest BCUT2D eigenvalue weighted by Crippen LogP contribution is 2.25. The summed E-state index contributed by atoms with van der Waals surface area (Å²) in [6, 6.07) is 12.1. The largest absolute Gasteiger partial charge is 0.323 e. The molecule has 0 aliphatic heterocycles. The van der Waals surface area contributed by atoms with E-state index in [4.69, 9.17) is 34.8 Å². The molecular formula is C17H17Cl3N2O. The molecule has 0 aliphatic rings. The van der Waals surface area contributed by atoms with Crippen molar-refractivity contribution in [1.82, 2.24) is 5.32 Å². The van der Waals surface area contributed by atoms with Crippen LogP contribution in [0.25, 0.3) is 0 Å². The van der Waals surface area contributed by atoms with Crippen LogP contribution < -0.4 is 10.6 Å². The number of nitrogens with one attached hydrogen (secondary N) is 2. The molecule has 2 aromatic carbocycles. The molecule has 1 amide bonds. The van der Waals surface area contributed by atoms with E-state index in [0.29, 0.717) is 20.8 Å². The molecule has 0 saturated heterocycles. The van der Waals surface area contributed by atoms with Gasteiger partial charge in [0.05, 0.1) is 16.8 Å². The Labute approximate surface area is 150 Å². The van der Waals surface area contributed by atoms with Gasteiger partial charge in [0.25, 0.3) is 0 Å². The summed E-state index contributed by atoms with van der Waals surface area (Å²) in [5.74, 6) is -0.171. The van der Waals surface area contributed by atoms with Gasteiger partial charge in [-0.2, -0.15) is 0 Å². The third-order valence-corrected chi connectivity index (χ3v) is 4.25. The van der Waals surface area contributed by atoms with Gasteiger partial charge in [0.15, 0.2) is 0 Å². The number of amides is 1. The van der Waals surface area contributed by atoms with E-state index in [2.05, 4.69) is 10.6 Å². The number of carbonyl (C=O) groups is 1. The van der Waals surface area contributed by atoms with Crippen LogP contribution in [0.1, 0.15) is 25.5 Å². The normalized spacial score (nSPS) is 13.4. The summed E-state index contributed by atoms with van der Waals surface area (Å²) < 4.78 is 0. The minimum atomic E-state index is -0.396. The molecule has 0 fully saturated rings. The fourth-order valence-corrected chi connectivity index (χ4v) is 2.71. The number of hydrogen-bond acceptors (Lipinski definition) is 2. The number of hydrogen-bond donors (Lipinski definition) is 2. The van der Waals surface area contributed by atoms with E-state index >= 15 is 0 Å². The topological polar surface area (TPSA) is 41.1 Å². The Hall–Kier alpha value is -1.26. The van der Waals surface area contributed by atoms with Gasteiger partial charge in [0.2, 0.25) is 5.91 Å². The van der Waals surface area contributed by atoms with E-state index in [-0.39, 0.29) is 11.9 Å². The van der Waals surface area contributed by atoms with E-state index < -0.39 is 6.04 Å². The van der Waals surface area contributed by atoms with E-state index in [1.807, 2.05) is 31.2 Å². The molecule has 2 rings (SSSR count). The van der Waals surface area contributed by atoms with Crippen molar-refractivity contribution in [3.63, 3.8) is 0 Å². The van der Waals surface area contributed by atoms with Crippen molar-refractivity contribution >= 4 is 46.4 Å². The van der Waals surface area contributed by atoms with Crippen molar-refractivity contribution < 1.29 is 4.79 Å².